The molecule has 0 aromatic heterocycles. The Morgan fingerprint density at radius 2 is 1.48 bits per heavy atom. The van der Waals surface area contributed by atoms with E-state index in [0.29, 0.717) is 11.1 Å². The Kier molecular flexibility index (Phi) is 3.48. The van der Waals surface area contributed by atoms with Gasteiger partial charge >= 0.3 is 0 Å². The number of anilines is 1. The van der Waals surface area contributed by atoms with Crippen LogP contribution in [0.15, 0.2) is 66.7 Å². The Balaban J connectivity index is 2.05. The third-order valence-electron chi connectivity index (χ3n) is 3.36. The van der Waals surface area contributed by atoms with Gasteiger partial charge in [0.1, 0.15) is 0 Å². The fourth-order valence-corrected chi connectivity index (χ4v) is 2.34. The number of nitrogens with one attached hydrogen (secondary N) is 1. The van der Waals surface area contributed by atoms with Crippen molar-refractivity contribution < 1.29 is 9.59 Å². The fourth-order valence-electron chi connectivity index (χ4n) is 2.34. The van der Waals surface area contributed by atoms with Crippen LogP contribution >= 0.6 is 0 Å². The molecule has 0 unspecified atom stereocenters. The molecule has 3 heteroatoms. The average molecular weight is 275 g/mol. The second kappa shape index (κ2) is 5.59. The highest BCUT2D eigenvalue weighted by molar-refractivity contribution is 6.15. The molecule has 0 fully saturated rings. The van der Waals surface area contributed by atoms with E-state index in [1.54, 1.807) is 12.1 Å². The quantitative estimate of drug-likeness (QED) is 0.737. The van der Waals surface area contributed by atoms with Crippen molar-refractivity contribution in [2.45, 2.75) is 0 Å². The molecule has 3 nitrogen and oxygen atoms in total. The summed E-state index contributed by atoms with van der Waals surface area (Å²) in [6.07, 6.45) is 0.807. The second-order valence-corrected chi connectivity index (χ2v) is 4.69. The van der Waals surface area contributed by atoms with Gasteiger partial charge in [-0.15, -0.1) is 0 Å². The maximum atomic E-state index is 12.4. The maximum absolute atomic E-state index is 12.4. The standard InChI is InChI=1S/C18H13NO2/c20-12-13-10-11-17(16-9-5-4-8-15(13)16)18(21)19-14-6-2-1-3-7-14/h1-12H,(H,19,21). The highest BCUT2D eigenvalue weighted by atomic mass is 16.1. The molecular weight excluding hydrogens is 262 g/mol. The average Bonchev–Trinajstić information content (AvgIpc) is 2.54. The van der Waals surface area contributed by atoms with E-state index in [2.05, 4.69) is 5.32 Å². The van der Waals surface area contributed by atoms with Crippen LogP contribution in [0.5, 0.6) is 0 Å². The Morgan fingerprint density at radius 1 is 0.810 bits per heavy atom. The molecule has 0 saturated carbocycles. The van der Waals surface area contributed by atoms with E-state index in [0.717, 1.165) is 22.7 Å². The van der Waals surface area contributed by atoms with Gasteiger partial charge in [0.15, 0.2) is 6.29 Å². The number of hydrogen-bond acceptors (Lipinski definition) is 2. The summed E-state index contributed by atoms with van der Waals surface area (Å²) in [7, 11) is 0. The molecule has 3 aromatic rings. The van der Waals surface area contributed by atoms with Gasteiger partial charge in [0, 0.05) is 16.8 Å². The maximum Gasteiger partial charge on any atom is 0.256 e. The number of aldehydes is 1. The lowest BCUT2D eigenvalue weighted by Gasteiger charge is -2.09. The van der Waals surface area contributed by atoms with Crippen molar-refractivity contribution in [1.82, 2.24) is 0 Å². The van der Waals surface area contributed by atoms with Crippen LogP contribution in [0.3, 0.4) is 0 Å². The van der Waals surface area contributed by atoms with Crippen molar-refractivity contribution in [2.75, 3.05) is 5.32 Å². The van der Waals surface area contributed by atoms with Gasteiger partial charge in [-0.25, -0.2) is 0 Å². The number of hydrogen-bond donors (Lipinski definition) is 1. The summed E-state index contributed by atoms with van der Waals surface area (Å²) in [5.74, 6) is -0.185. The Labute approximate surface area is 122 Å². The van der Waals surface area contributed by atoms with Crippen molar-refractivity contribution in [1.29, 1.82) is 0 Å². The molecule has 0 aliphatic carbocycles. The van der Waals surface area contributed by atoms with Gasteiger partial charge in [0.05, 0.1) is 0 Å². The van der Waals surface area contributed by atoms with Gasteiger partial charge in [0.25, 0.3) is 5.91 Å². The third kappa shape index (κ3) is 2.54. The van der Waals surface area contributed by atoms with Crippen LogP contribution in [-0.4, -0.2) is 12.2 Å². The monoisotopic (exact) mass is 275 g/mol. The molecule has 0 aliphatic rings. The fraction of sp³-hybridized carbons (Fsp3) is 0. The molecule has 1 amide bonds. The highest BCUT2D eigenvalue weighted by Crippen LogP contribution is 2.23. The lowest BCUT2D eigenvalue weighted by Crippen LogP contribution is -2.12. The number of amides is 1. The van der Waals surface area contributed by atoms with Gasteiger partial charge in [0.2, 0.25) is 0 Å². The van der Waals surface area contributed by atoms with Crippen molar-refractivity contribution in [2.24, 2.45) is 0 Å². The van der Waals surface area contributed by atoms with Crippen LogP contribution in [0.4, 0.5) is 5.69 Å². The summed E-state index contributed by atoms with van der Waals surface area (Å²) in [6.45, 7) is 0. The zero-order chi connectivity index (χ0) is 14.7. The normalized spacial score (nSPS) is 10.3. The third-order valence-corrected chi connectivity index (χ3v) is 3.36. The Bertz CT molecular complexity index is 810. The minimum absolute atomic E-state index is 0.185. The second-order valence-electron chi connectivity index (χ2n) is 4.69. The molecule has 102 valence electrons. The predicted octanol–water partition coefficient (Wildman–Crippen LogP) is 3.90. The lowest BCUT2D eigenvalue weighted by molar-refractivity contribution is 0.102. The van der Waals surface area contributed by atoms with Gasteiger partial charge in [-0.1, -0.05) is 48.5 Å². The number of carbonyl (C=O) groups excluding carboxylic acids is 2. The molecule has 21 heavy (non-hydrogen) atoms. The number of benzene rings is 3. The number of para-hydroxylation sites is 1. The Hall–Kier alpha value is -2.94. The van der Waals surface area contributed by atoms with Crippen molar-refractivity contribution >= 4 is 28.7 Å². The summed E-state index contributed by atoms with van der Waals surface area (Å²) in [5, 5.41) is 4.42. The SMILES string of the molecule is O=Cc1ccc(C(=O)Nc2ccccc2)c2ccccc12. The van der Waals surface area contributed by atoms with Crippen molar-refractivity contribution in [3.63, 3.8) is 0 Å². The zero-order valence-electron chi connectivity index (χ0n) is 11.2. The molecule has 0 radical (unpaired) electrons. The van der Waals surface area contributed by atoms with E-state index in [-0.39, 0.29) is 5.91 Å². The molecule has 0 spiro atoms. The van der Waals surface area contributed by atoms with E-state index in [4.69, 9.17) is 0 Å². The molecule has 0 atom stereocenters. The first-order valence-electron chi connectivity index (χ1n) is 6.63. The van der Waals surface area contributed by atoms with E-state index < -0.39 is 0 Å². The number of fused-ring (bicyclic) bond motifs is 1. The van der Waals surface area contributed by atoms with Gasteiger partial charge in [-0.2, -0.15) is 0 Å². The molecule has 0 aliphatic heterocycles. The molecule has 0 heterocycles. The first-order valence-corrected chi connectivity index (χ1v) is 6.63. The van der Waals surface area contributed by atoms with E-state index in [1.807, 2.05) is 54.6 Å². The van der Waals surface area contributed by atoms with Crippen LogP contribution in [0.1, 0.15) is 20.7 Å². The topological polar surface area (TPSA) is 46.2 Å². The van der Waals surface area contributed by atoms with E-state index in [1.165, 1.54) is 0 Å². The zero-order valence-corrected chi connectivity index (χ0v) is 11.2. The first-order chi connectivity index (χ1) is 10.3. The van der Waals surface area contributed by atoms with Crippen molar-refractivity contribution in [3.05, 3.63) is 77.9 Å². The molecule has 0 saturated heterocycles. The lowest BCUT2D eigenvalue weighted by atomic mass is 9.99. The largest absolute Gasteiger partial charge is 0.322 e. The summed E-state index contributed by atoms with van der Waals surface area (Å²) < 4.78 is 0. The van der Waals surface area contributed by atoms with Crippen LogP contribution in [0, 0.1) is 0 Å². The molecule has 3 rings (SSSR count). The minimum atomic E-state index is -0.185. The minimum Gasteiger partial charge on any atom is -0.322 e. The van der Waals surface area contributed by atoms with Crippen LogP contribution < -0.4 is 5.32 Å². The smallest absolute Gasteiger partial charge is 0.256 e. The Morgan fingerprint density at radius 3 is 2.19 bits per heavy atom. The molecule has 3 aromatic carbocycles. The molecular formula is C18H13NO2. The first kappa shape index (κ1) is 13.1. The van der Waals surface area contributed by atoms with Gasteiger partial charge in [-0.3, -0.25) is 9.59 Å². The van der Waals surface area contributed by atoms with Gasteiger partial charge < -0.3 is 5.32 Å². The summed E-state index contributed by atoms with van der Waals surface area (Å²) >= 11 is 0. The summed E-state index contributed by atoms with van der Waals surface area (Å²) in [6, 6.07) is 20.1. The number of carbonyl (C=O) groups is 2. The van der Waals surface area contributed by atoms with Crippen LogP contribution in [-0.2, 0) is 0 Å². The van der Waals surface area contributed by atoms with Gasteiger partial charge in [-0.05, 0) is 29.0 Å². The van der Waals surface area contributed by atoms with Crippen LogP contribution in [0.2, 0.25) is 0 Å². The van der Waals surface area contributed by atoms with E-state index >= 15 is 0 Å². The highest BCUT2D eigenvalue weighted by Gasteiger charge is 2.12. The molecule has 0 bridgehead atoms. The van der Waals surface area contributed by atoms with Crippen molar-refractivity contribution in [3.8, 4) is 0 Å². The molecule has 1 N–H and O–H groups in total. The predicted molar refractivity (Wildman–Crippen MR) is 83.7 cm³/mol. The number of rotatable bonds is 3. The summed E-state index contributed by atoms with van der Waals surface area (Å²) in [4.78, 5) is 23.5. The van der Waals surface area contributed by atoms with E-state index in [9.17, 15) is 9.59 Å². The summed E-state index contributed by atoms with van der Waals surface area (Å²) in [5.41, 5.74) is 1.88. The van der Waals surface area contributed by atoms with Crippen LogP contribution in [0.25, 0.3) is 10.8 Å².